The number of hydrogen-bond acceptors (Lipinski definition) is 0. The first kappa shape index (κ1) is 15.9. The van der Waals surface area contributed by atoms with Crippen LogP contribution in [-0.2, 0) is 0 Å². The second kappa shape index (κ2) is 5.77. The van der Waals surface area contributed by atoms with Crippen molar-refractivity contribution in [2.75, 3.05) is 0 Å². The molecule has 0 aliphatic rings. The average molecular weight is 137 g/mol. The Kier molecular flexibility index (Phi) is 13.1. The summed E-state index contributed by atoms with van der Waals surface area (Å²) in [5.41, 5.74) is 0. The minimum atomic E-state index is -6.00. The predicted molar refractivity (Wildman–Crippen MR) is 25.9 cm³/mol. The van der Waals surface area contributed by atoms with Gasteiger partial charge in [-0.2, -0.15) is 0 Å². The number of halogens is 4. The Bertz CT molecular complexity index is 27.2. The average Bonchev–Trinajstić information content (AvgIpc) is 0.722. The van der Waals surface area contributed by atoms with Crippen LogP contribution in [0.4, 0.5) is 17.3 Å². The maximum atomic E-state index is 9.75. The Balaban J connectivity index is -0.0000000800. The van der Waals surface area contributed by atoms with E-state index in [-0.39, 0.29) is 56.6 Å². The SMILES string of the molecule is F[B-](F)(F)F.[CaH2].[LiH]. The van der Waals surface area contributed by atoms with Crippen LogP contribution in [0.5, 0.6) is 0 Å². The molecule has 0 aromatic rings. The summed E-state index contributed by atoms with van der Waals surface area (Å²) < 4.78 is 39.0. The second-order valence-corrected chi connectivity index (χ2v) is 0.495. The quantitative estimate of drug-likeness (QED) is 0.318. The van der Waals surface area contributed by atoms with E-state index in [1.165, 1.54) is 0 Å². The standard InChI is InChI=1S/BF4.Ca.Li.3H/c2-1(3,4)5;;;;;/q-1;;;;;. The Hall–Kier alpha value is 1.64. The van der Waals surface area contributed by atoms with Crippen molar-refractivity contribution >= 4 is 63.9 Å². The molecule has 0 amide bonds. The normalized spacial score (nSPS) is 8.57. The van der Waals surface area contributed by atoms with Gasteiger partial charge in [0.05, 0.1) is 0 Å². The molecule has 7 heavy (non-hydrogen) atoms. The van der Waals surface area contributed by atoms with Gasteiger partial charge in [0, 0.05) is 0 Å². The van der Waals surface area contributed by atoms with Crippen molar-refractivity contribution in [2.45, 2.75) is 0 Å². The van der Waals surface area contributed by atoms with Crippen LogP contribution in [0.1, 0.15) is 0 Å². The molecule has 0 radical (unpaired) electrons. The molecule has 0 nitrogen and oxygen atoms in total. The van der Waals surface area contributed by atoms with E-state index in [4.69, 9.17) is 0 Å². The van der Waals surface area contributed by atoms with Crippen LogP contribution in [0.3, 0.4) is 0 Å². The van der Waals surface area contributed by atoms with Gasteiger partial charge in [-0.3, -0.25) is 0 Å². The van der Waals surface area contributed by atoms with Gasteiger partial charge in [-0.1, -0.05) is 0 Å². The molecule has 38 valence electrons. The van der Waals surface area contributed by atoms with E-state index in [2.05, 4.69) is 0 Å². The third-order valence-electron chi connectivity index (χ3n) is 0. The van der Waals surface area contributed by atoms with Gasteiger partial charge in [0.2, 0.25) is 0 Å². The van der Waals surface area contributed by atoms with Crippen molar-refractivity contribution in [1.82, 2.24) is 0 Å². The van der Waals surface area contributed by atoms with Gasteiger partial charge in [0.1, 0.15) is 0 Å². The van der Waals surface area contributed by atoms with Gasteiger partial charge < -0.3 is 17.3 Å². The van der Waals surface area contributed by atoms with Crippen LogP contribution in [0.15, 0.2) is 0 Å². The van der Waals surface area contributed by atoms with Crippen molar-refractivity contribution in [3.05, 3.63) is 0 Å². The summed E-state index contributed by atoms with van der Waals surface area (Å²) in [5.74, 6) is 0. The molecule has 0 rings (SSSR count). The van der Waals surface area contributed by atoms with Crippen molar-refractivity contribution in [3.8, 4) is 0 Å². The van der Waals surface area contributed by atoms with Gasteiger partial charge in [-0.05, 0) is 0 Å². The van der Waals surface area contributed by atoms with Crippen LogP contribution in [-0.4, -0.2) is 63.9 Å². The molecule has 0 unspecified atom stereocenters. The first-order chi connectivity index (χ1) is 2.00. The molecule has 0 aromatic heterocycles. The summed E-state index contributed by atoms with van der Waals surface area (Å²) in [4.78, 5) is 0. The fraction of sp³-hybridized carbons (Fsp3) is 0. The van der Waals surface area contributed by atoms with Crippen LogP contribution in [0.25, 0.3) is 0 Å². The molecule has 0 aromatic carbocycles. The van der Waals surface area contributed by atoms with E-state index < -0.39 is 7.25 Å². The number of rotatable bonds is 0. The molecule has 0 heterocycles. The van der Waals surface area contributed by atoms with Gasteiger partial charge >= 0.3 is 63.9 Å². The second-order valence-electron chi connectivity index (χ2n) is 0.495. The molecule has 0 aliphatic carbocycles. The maximum absolute atomic E-state index is 9.75. The van der Waals surface area contributed by atoms with Crippen LogP contribution in [0.2, 0.25) is 0 Å². The van der Waals surface area contributed by atoms with Crippen molar-refractivity contribution in [2.24, 2.45) is 0 Å². The molecule has 0 N–H and O–H groups in total. The summed E-state index contributed by atoms with van der Waals surface area (Å²) in [6.07, 6.45) is 0. The Labute approximate surface area is 80.3 Å². The van der Waals surface area contributed by atoms with Gasteiger partial charge in [-0.15, -0.1) is 0 Å². The van der Waals surface area contributed by atoms with Gasteiger partial charge in [0.25, 0.3) is 0 Å². The fourth-order valence-corrected chi connectivity index (χ4v) is 0. The molecule has 7 heteroatoms. The third-order valence-corrected chi connectivity index (χ3v) is 0. The molecule has 0 bridgehead atoms. The molecule has 0 atom stereocenters. The van der Waals surface area contributed by atoms with Gasteiger partial charge in [-0.25, -0.2) is 0 Å². The van der Waals surface area contributed by atoms with E-state index in [0.717, 1.165) is 0 Å². The van der Waals surface area contributed by atoms with Crippen LogP contribution in [0, 0.1) is 0 Å². The van der Waals surface area contributed by atoms with Crippen molar-refractivity contribution in [3.63, 3.8) is 0 Å². The van der Waals surface area contributed by atoms with E-state index in [0.29, 0.717) is 0 Å². The Morgan fingerprint density at radius 3 is 0.857 bits per heavy atom. The Morgan fingerprint density at radius 2 is 0.857 bits per heavy atom. The molecular weight excluding hydrogens is 134 g/mol. The zero-order valence-electron chi connectivity index (χ0n) is 2.09. The zero-order chi connectivity index (χ0) is 4.50. The van der Waals surface area contributed by atoms with Crippen molar-refractivity contribution in [1.29, 1.82) is 0 Å². The van der Waals surface area contributed by atoms with Gasteiger partial charge in [0.15, 0.2) is 0 Å². The first-order valence-corrected chi connectivity index (χ1v) is 0.873. The number of hydrogen-bond donors (Lipinski definition) is 0. The van der Waals surface area contributed by atoms with E-state index in [9.17, 15) is 17.3 Å². The topological polar surface area (TPSA) is 0 Å². The summed E-state index contributed by atoms with van der Waals surface area (Å²) in [7, 11) is -6.00. The molecule has 0 fully saturated rings. The minimum absolute atomic E-state index is 0. The summed E-state index contributed by atoms with van der Waals surface area (Å²) in [6, 6.07) is 0. The first-order valence-electron chi connectivity index (χ1n) is 0.873. The fourth-order valence-electron chi connectivity index (χ4n) is 0. The van der Waals surface area contributed by atoms with Crippen LogP contribution >= 0.6 is 0 Å². The Morgan fingerprint density at radius 1 is 0.857 bits per heavy atom. The van der Waals surface area contributed by atoms with Crippen molar-refractivity contribution < 1.29 is 17.3 Å². The summed E-state index contributed by atoms with van der Waals surface area (Å²) in [5, 5.41) is 0. The van der Waals surface area contributed by atoms with E-state index >= 15 is 0 Å². The summed E-state index contributed by atoms with van der Waals surface area (Å²) >= 11 is 0. The predicted octanol–water partition coefficient (Wildman–Crippen LogP) is -0.265. The zero-order valence-corrected chi connectivity index (χ0v) is 2.09. The molecule has 0 aliphatic heterocycles. The third kappa shape index (κ3) is 90.2. The van der Waals surface area contributed by atoms with E-state index in [1.807, 2.05) is 0 Å². The van der Waals surface area contributed by atoms with Crippen LogP contribution < -0.4 is 0 Å². The molecular formula is H3BCaF4Li-. The molecule has 0 spiro atoms. The molecule has 0 saturated carbocycles. The summed E-state index contributed by atoms with van der Waals surface area (Å²) in [6.45, 7) is 0. The monoisotopic (exact) mass is 137 g/mol. The molecule has 0 saturated heterocycles. The van der Waals surface area contributed by atoms with E-state index in [1.54, 1.807) is 0 Å².